The van der Waals surface area contributed by atoms with Crippen molar-refractivity contribution in [2.24, 2.45) is 17.8 Å². The molecular weight excluding hydrogens is 861 g/mol. The molecule has 8 atom stereocenters. The van der Waals surface area contributed by atoms with Gasteiger partial charge in [-0.15, -0.1) is 6.58 Å². The molecule has 376 valence electrons. The molecule has 0 radical (unpaired) electrons. The van der Waals surface area contributed by atoms with E-state index in [2.05, 4.69) is 18.7 Å². The summed E-state index contributed by atoms with van der Waals surface area (Å²) in [5, 5.41) is 10.9. The average Bonchev–Trinajstić information content (AvgIpc) is 3.34. The lowest BCUT2D eigenvalue weighted by atomic mass is 9.78. The second kappa shape index (κ2) is 27.2. The Hall–Kier alpha value is -4.86. The Kier molecular flexibility index (Phi) is 22.9. The normalized spacial score (nSPS) is 23.9. The number of carbonyl (C=O) groups excluding carboxylic acids is 4. The van der Waals surface area contributed by atoms with Crippen LogP contribution in [0.2, 0.25) is 0 Å². The van der Waals surface area contributed by atoms with Gasteiger partial charge in [-0.1, -0.05) is 43.2 Å². The van der Waals surface area contributed by atoms with E-state index in [1.807, 2.05) is 49.4 Å². The molecule has 0 aliphatic carbocycles. The Morgan fingerprint density at radius 3 is 1.46 bits per heavy atom. The van der Waals surface area contributed by atoms with Gasteiger partial charge in [0, 0.05) is 14.2 Å². The number of rotatable bonds is 15. The van der Waals surface area contributed by atoms with E-state index in [1.165, 1.54) is 29.6 Å². The minimum atomic E-state index is -0.848. The molecule has 0 aromatic heterocycles. The summed E-state index contributed by atoms with van der Waals surface area (Å²) < 4.78 is 43.6. The van der Waals surface area contributed by atoms with Gasteiger partial charge in [0.2, 0.25) is 0 Å². The summed E-state index contributed by atoms with van der Waals surface area (Å²) in [6.07, 6.45) is 6.01. The summed E-state index contributed by atoms with van der Waals surface area (Å²) in [4.78, 5) is 54.5. The number of nitrogens with zero attached hydrogens (tertiary/aromatic N) is 2. The maximum absolute atomic E-state index is 13.3. The van der Waals surface area contributed by atoms with E-state index in [9.17, 15) is 24.3 Å². The summed E-state index contributed by atoms with van der Waals surface area (Å²) in [5.74, 6) is 1.03. The van der Waals surface area contributed by atoms with Gasteiger partial charge in [0.25, 0.3) is 0 Å². The summed E-state index contributed by atoms with van der Waals surface area (Å²) in [5.41, 5.74) is 0.902. The maximum atomic E-state index is 13.3. The second-order valence-corrected chi connectivity index (χ2v) is 19.6. The number of cyclic esters (lactones) is 2. The number of aliphatic hydroxyl groups excluding tert-OH is 1. The van der Waals surface area contributed by atoms with Crippen molar-refractivity contribution in [2.45, 2.75) is 161 Å². The van der Waals surface area contributed by atoms with Gasteiger partial charge in [0.15, 0.2) is 0 Å². The number of carbonyl (C=O) groups is 4. The number of amides is 2. The van der Waals surface area contributed by atoms with Gasteiger partial charge < -0.3 is 43.0 Å². The van der Waals surface area contributed by atoms with Gasteiger partial charge in [-0.05, 0) is 160 Å². The van der Waals surface area contributed by atoms with Crippen LogP contribution in [0.5, 0.6) is 11.5 Å². The van der Waals surface area contributed by atoms with Crippen LogP contribution in [0.3, 0.4) is 0 Å². The van der Waals surface area contributed by atoms with Crippen molar-refractivity contribution in [2.75, 3.05) is 41.9 Å². The Balaban J connectivity index is 0.000000357. The molecule has 2 saturated heterocycles. The quantitative estimate of drug-likeness (QED) is 0.0777. The number of benzene rings is 2. The SMILES string of the molecule is C=CCC[C@@H]1[C@@H](Cc2ccc(OC)cc2)CCC[C@H](N(COC)C(=O)OC(C)(C)C)C(=O)O[C@H]1C.COCN(C(=O)OC(C)(C)C)[C@H]1CCC[C@H](Cc2ccc(OC)cc2)[C@@H](O)[C@H](C)OC1=O. The van der Waals surface area contributed by atoms with E-state index in [1.54, 1.807) is 62.7 Å². The zero-order valence-corrected chi connectivity index (χ0v) is 42.2. The van der Waals surface area contributed by atoms with E-state index in [0.29, 0.717) is 38.0 Å². The highest BCUT2D eigenvalue weighted by molar-refractivity contribution is 5.82. The molecule has 4 rings (SSSR count). The third-order valence-corrected chi connectivity index (χ3v) is 12.0. The number of aliphatic hydroxyl groups is 1. The monoisotopic (exact) mass is 941 g/mol. The Morgan fingerprint density at radius 2 is 1.07 bits per heavy atom. The summed E-state index contributed by atoms with van der Waals surface area (Å²) >= 11 is 0. The van der Waals surface area contributed by atoms with Crippen molar-refractivity contribution >= 4 is 24.1 Å². The highest BCUT2D eigenvalue weighted by atomic mass is 16.6. The van der Waals surface area contributed by atoms with Crippen LogP contribution in [0, 0.1) is 17.8 Å². The van der Waals surface area contributed by atoms with E-state index in [-0.39, 0.29) is 31.4 Å². The minimum Gasteiger partial charge on any atom is -0.497 e. The fraction of sp³-hybridized carbons (Fsp3) is 0.654. The van der Waals surface area contributed by atoms with Gasteiger partial charge in [0.05, 0.1) is 20.3 Å². The number of hydrogen-bond donors (Lipinski definition) is 1. The van der Waals surface area contributed by atoms with Crippen molar-refractivity contribution in [3.05, 3.63) is 72.3 Å². The van der Waals surface area contributed by atoms with Crippen LogP contribution in [-0.2, 0) is 50.9 Å². The first-order valence-electron chi connectivity index (χ1n) is 23.6. The fourth-order valence-corrected chi connectivity index (χ4v) is 8.63. The van der Waals surface area contributed by atoms with E-state index in [4.69, 9.17) is 37.9 Å². The molecule has 0 bridgehead atoms. The molecule has 2 aromatic rings. The lowest BCUT2D eigenvalue weighted by molar-refractivity contribution is -0.163. The van der Waals surface area contributed by atoms with Gasteiger partial charge in [-0.2, -0.15) is 0 Å². The van der Waals surface area contributed by atoms with Gasteiger partial charge >= 0.3 is 24.1 Å². The molecule has 2 fully saturated rings. The Morgan fingerprint density at radius 1 is 0.672 bits per heavy atom. The van der Waals surface area contributed by atoms with Crippen LogP contribution < -0.4 is 9.47 Å². The fourth-order valence-electron chi connectivity index (χ4n) is 8.63. The highest BCUT2D eigenvalue weighted by Crippen LogP contribution is 2.35. The Bertz CT molecular complexity index is 1820. The van der Waals surface area contributed by atoms with Gasteiger partial charge in [-0.3, -0.25) is 9.80 Å². The second-order valence-electron chi connectivity index (χ2n) is 19.6. The van der Waals surface area contributed by atoms with Crippen LogP contribution in [-0.4, -0.2) is 123 Å². The van der Waals surface area contributed by atoms with E-state index in [0.717, 1.165) is 49.2 Å². The van der Waals surface area contributed by atoms with E-state index < -0.39 is 59.6 Å². The molecule has 0 saturated carbocycles. The van der Waals surface area contributed by atoms with Crippen LogP contribution in [0.4, 0.5) is 9.59 Å². The molecule has 0 unspecified atom stereocenters. The molecule has 67 heavy (non-hydrogen) atoms. The predicted molar refractivity (Wildman–Crippen MR) is 256 cm³/mol. The molecule has 1 N–H and O–H groups in total. The minimum absolute atomic E-state index is 0.0434. The number of methoxy groups -OCH3 is 4. The first-order valence-corrected chi connectivity index (χ1v) is 23.6. The lowest BCUT2D eigenvalue weighted by Crippen LogP contribution is -2.49. The van der Waals surface area contributed by atoms with Crippen LogP contribution in [0.15, 0.2) is 61.2 Å². The molecule has 2 heterocycles. The summed E-state index contributed by atoms with van der Waals surface area (Å²) in [6.45, 7) is 18.1. The van der Waals surface area contributed by atoms with Crippen molar-refractivity contribution in [1.29, 1.82) is 0 Å². The zero-order chi connectivity index (χ0) is 49.9. The first kappa shape index (κ1) is 56.5. The summed E-state index contributed by atoms with van der Waals surface area (Å²) in [6, 6.07) is 14.3. The number of ether oxygens (including phenoxy) is 8. The van der Waals surface area contributed by atoms with Gasteiger partial charge in [0.1, 0.15) is 60.5 Å². The number of esters is 2. The molecule has 0 spiro atoms. The average molecular weight is 941 g/mol. The Labute approximate surface area is 399 Å². The summed E-state index contributed by atoms with van der Waals surface area (Å²) in [7, 11) is 6.23. The predicted octanol–water partition coefficient (Wildman–Crippen LogP) is 9.30. The topological polar surface area (TPSA) is 169 Å². The van der Waals surface area contributed by atoms with Gasteiger partial charge in [-0.25, -0.2) is 19.2 Å². The standard InChI is InChI=1S/C28H43NO6.C24H37NO7/c1-8-9-12-24-20(2)34-26(30)25(29(19-32-6)27(31)35-28(3,4)5)13-10-11-22(24)18-21-14-16-23(33-7)17-15-21;1-16-21(26)18(14-17-10-12-19(30-6)13-11-17)8-7-9-20(22(27)31-16)25(15-29-5)23(28)32-24(2,3)4/h8,14-17,20,22,24-25H,1,9-13,18-19H2,2-7H3;10-13,16,18,20-21,26H,7-9,14-15H2,1-6H3/t20-,22+,24-,25-;16-,18+,20-,21-/m00/s1. The number of hydrogen-bond acceptors (Lipinski definition) is 13. The van der Waals surface area contributed by atoms with Crippen LogP contribution in [0.1, 0.15) is 118 Å². The van der Waals surface area contributed by atoms with E-state index >= 15 is 0 Å². The molecule has 15 heteroatoms. The van der Waals surface area contributed by atoms with Crippen molar-refractivity contribution in [3.8, 4) is 11.5 Å². The molecule has 2 aliphatic rings. The smallest absolute Gasteiger partial charge is 0.412 e. The van der Waals surface area contributed by atoms with Crippen molar-refractivity contribution < 1.29 is 62.2 Å². The number of allylic oxidation sites excluding steroid dienone is 1. The highest BCUT2D eigenvalue weighted by Gasteiger charge is 2.40. The molecular formula is C52H80N2O13. The van der Waals surface area contributed by atoms with Crippen molar-refractivity contribution in [1.82, 2.24) is 9.80 Å². The first-order chi connectivity index (χ1) is 31.6. The molecule has 2 aromatic carbocycles. The molecule has 2 amide bonds. The maximum Gasteiger partial charge on any atom is 0.412 e. The molecule has 2 aliphatic heterocycles. The third kappa shape index (κ3) is 18.6. The van der Waals surface area contributed by atoms with Crippen LogP contribution in [0.25, 0.3) is 0 Å². The van der Waals surface area contributed by atoms with Crippen molar-refractivity contribution in [3.63, 3.8) is 0 Å². The lowest BCUT2D eigenvalue weighted by Gasteiger charge is -2.33. The third-order valence-electron chi connectivity index (χ3n) is 12.0. The van der Waals surface area contributed by atoms with Crippen LogP contribution >= 0.6 is 0 Å². The zero-order valence-electron chi connectivity index (χ0n) is 42.2. The molecule has 15 nitrogen and oxygen atoms in total. The largest absolute Gasteiger partial charge is 0.497 e.